The molecule has 2 rings (SSSR count). The first kappa shape index (κ1) is 14.7. The number of hydrogen-bond donors (Lipinski definition) is 1. The zero-order valence-corrected chi connectivity index (χ0v) is 13.0. The molecule has 1 N–H and O–H groups in total. The van der Waals surface area contributed by atoms with Crippen molar-refractivity contribution < 1.29 is 14.3 Å². The lowest BCUT2D eigenvalue weighted by Gasteiger charge is -2.06. The van der Waals surface area contributed by atoms with Gasteiger partial charge in [0.1, 0.15) is 9.60 Å². The van der Waals surface area contributed by atoms with E-state index in [9.17, 15) is 9.59 Å². The van der Waals surface area contributed by atoms with Crippen LogP contribution in [-0.4, -0.2) is 23.5 Å². The van der Waals surface area contributed by atoms with Crippen LogP contribution in [0.2, 0.25) is 0 Å². The van der Waals surface area contributed by atoms with E-state index in [0.717, 1.165) is 0 Å². The van der Waals surface area contributed by atoms with Crippen molar-refractivity contribution in [1.82, 2.24) is 4.98 Å². The second kappa shape index (κ2) is 6.62. The highest BCUT2D eigenvalue weighted by Crippen LogP contribution is 2.25. The molecule has 2 aromatic heterocycles. The van der Waals surface area contributed by atoms with Crippen LogP contribution in [0.25, 0.3) is 0 Å². The van der Waals surface area contributed by atoms with Gasteiger partial charge in [-0.25, -0.2) is 9.78 Å². The minimum atomic E-state index is -0.450. The zero-order valence-electron chi connectivity index (χ0n) is 10.6. The summed E-state index contributed by atoms with van der Waals surface area (Å²) in [5.74, 6) is -0.785. The summed E-state index contributed by atoms with van der Waals surface area (Å²) in [6.45, 7) is 2.02. The summed E-state index contributed by atoms with van der Waals surface area (Å²) in [6, 6.07) is 4.93. The Bertz CT molecular complexity index is 642. The number of nitrogens with zero attached hydrogens (tertiary/aromatic N) is 1. The first-order valence-electron chi connectivity index (χ1n) is 5.80. The Balaban J connectivity index is 2.19. The van der Waals surface area contributed by atoms with Crippen LogP contribution >= 0.6 is 27.3 Å². The first-order valence-corrected chi connectivity index (χ1v) is 7.47. The summed E-state index contributed by atoms with van der Waals surface area (Å²) in [4.78, 5) is 27.8. The first-order chi connectivity index (χ1) is 9.63. The van der Waals surface area contributed by atoms with Crippen molar-refractivity contribution in [2.75, 3.05) is 11.9 Å². The smallest absolute Gasteiger partial charge is 0.341 e. The highest BCUT2D eigenvalue weighted by atomic mass is 79.9. The van der Waals surface area contributed by atoms with Crippen molar-refractivity contribution >= 4 is 44.1 Å². The lowest BCUT2D eigenvalue weighted by molar-refractivity contribution is 0.0528. The lowest BCUT2D eigenvalue weighted by atomic mass is 10.2. The number of aromatic nitrogens is 1. The molecule has 2 heterocycles. The number of carbonyl (C=O) groups is 2. The Kier molecular flexibility index (Phi) is 4.86. The number of anilines is 1. The molecule has 0 fully saturated rings. The molecule has 1 amide bonds. The molecular weight excluding hydrogens is 344 g/mol. The van der Waals surface area contributed by atoms with E-state index in [0.29, 0.717) is 20.7 Å². The third-order valence-corrected chi connectivity index (χ3v) is 3.85. The van der Waals surface area contributed by atoms with E-state index >= 15 is 0 Å². The number of pyridine rings is 1. The molecule has 20 heavy (non-hydrogen) atoms. The SMILES string of the molecule is CCOC(=O)c1ccsc1NC(=O)c1cccnc1Br. The molecule has 0 atom stereocenters. The largest absolute Gasteiger partial charge is 0.462 e. The highest BCUT2D eigenvalue weighted by molar-refractivity contribution is 9.10. The number of halogens is 1. The van der Waals surface area contributed by atoms with Gasteiger partial charge in [0.05, 0.1) is 17.7 Å². The Morgan fingerprint density at radius 1 is 1.40 bits per heavy atom. The molecule has 0 aliphatic rings. The molecule has 0 bridgehead atoms. The Morgan fingerprint density at radius 2 is 2.20 bits per heavy atom. The monoisotopic (exact) mass is 354 g/mol. The molecule has 0 aliphatic carbocycles. The van der Waals surface area contributed by atoms with E-state index in [1.54, 1.807) is 36.7 Å². The molecular formula is C13H11BrN2O3S. The topological polar surface area (TPSA) is 68.3 Å². The number of thiophene rings is 1. The second-order valence-electron chi connectivity index (χ2n) is 3.68. The fourth-order valence-corrected chi connectivity index (χ4v) is 2.70. The summed E-state index contributed by atoms with van der Waals surface area (Å²) in [7, 11) is 0. The van der Waals surface area contributed by atoms with E-state index in [4.69, 9.17) is 4.74 Å². The average molecular weight is 355 g/mol. The van der Waals surface area contributed by atoms with Crippen molar-refractivity contribution in [3.63, 3.8) is 0 Å². The van der Waals surface area contributed by atoms with Crippen molar-refractivity contribution in [2.24, 2.45) is 0 Å². The Hall–Kier alpha value is -1.73. The van der Waals surface area contributed by atoms with Gasteiger partial charge in [-0.1, -0.05) is 0 Å². The third kappa shape index (κ3) is 3.23. The molecule has 0 saturated carbocycles. The van der Waals surface area contributed by atoms with Crippen LogP contribution in [0.1, 0.15) is 27.6 Å². The van der Waals surface area contributed by atoms with E-state index in [2.05, 4.69) is 26.2 Å². The molecule has 0 aromatic carbocycles. The number of esters is 1. The van der Waals surface area contributed by atoms with Crippen LogP contribution in [0.4, 0.5) is 5.00 Å². The molecule has 2 aromatic rings. The Morgan fingerprint density at radius 3 is 2.90 bits per heavy atom. The summed E-state index contributed by atoms with van der Waals surface area (Å²) in [5, 5.41) is 4.88. The van der Waals surface area contributed by atoms with Crippen LogP contribution in [-0.2, 0) is 4.74 Å². The minimum absolute atomic E-state index is 0.288. The Labute approximate surface area is 128 Å². The predicted octanol–water partition coefficient (Wildman–Crippen LogP) is 3.33. The predicted molar refractivity (Wildman–Crippen MR) is 80.2 cm³/mol. The molecule has 0 unspecified atom stereocenters. The fraction of sp³-hybridized carbons (Fsp3) is 0.154. The molecule has 5 nitrogen and oxygen atoms in total. The molecule has 0 saturated heterocycles. The van der Waals surface area contributed by atoms with Crippen LogP contribution in [0.3, 0.4) is 0 Å². The molecule has 104 valence electrons. The van der Waals surface area contributed by atoms with Gasteiger partial charge in [0, 0.05) is 6.20 Å². The van der Waals surface area contributed by atoms with Crippen molar-refractivity contribution in [3.8, 4) is 0 Å². The zero-order chi connectivity index (χ0) is 14.5. The van der Waals surface area contributed by atoms with Crippen LogP contribution in [0, 0.1) is 0 Å². The lowest BCUT2D eigenvalue weighted by Crippen LogP contribution is -2.15. The van der Waals surface area contributed by atoms with Gasteiger partial charge in [-0.05, 0) is 46.4 Å². The third-order valence-electron chi connectivity index (χ3n) is 2.39. The maximum Gasteiger partial charge on any atom is 0.341 e. The van der Waals surface area contributed by atoms with Gasteiger partial charge in [0.25, 0.3) is 5.91 Å². The summed E-state index contributed by atoms with van der Waals surface area (Å²) < 4.78 is 5.38. The average Bonchev–Trinajstić information content (AvgIpc) is 2.87. The van der Waals surface area contributed by atoms with Crippen LogP contribution in [0.5, 0.6) is 0 Å². The summed E-state index contributed by atoms with van der Waals surface area (Å²) in [5.41, 5.74) is 0.751. The fourth-order valence-electron chi connectivity index (χ4n) is 1.50. The van der Waals surface area contributed by atoms with Gasteiger partial charge in [0.15, 0.2) is 0 Å². The summed E-state index contributed by atoms with van der Waals surface area (Å²) >= 11 is 4.48. The van der Waals surface area contributed by atoms with Crippen molar-refractivity contribution in [3.05, 3.63) is 45.5 Å². The maximum absolute atomic E-state index is 12.1. The van der Waals surface area contributed by atoms with Gasteiger partial charge in [-0.15, -0.1) is 11.3 Å². The molecule has 7 heteroatoms. The summed E-state index contributed by atoms with van der Waals surface area (Å²) in [6.07, 6.45) is 1.58. The quantitative estimate of drug-likeness (QED) is 0.675. The normalized spacial score (nSPS) is 10.1. The number of nitrogens with one attached hydrogen (secondary N) is 1. The van der Waals surface area contributed by atoms with E-state index in [-0.39, 0.29) is 12.5 Å². The standard InChI is InChI=1S/C13H11BrN2O3S/c1-2-19-13(18)9-5-7-20-12(9)16-11(17)8-4-3-6-15-10(8)14/h3-7H,2H2,1H3,(H,16,17). The minimum Gasteiger partial charge on any atom is -0.462 e. The van der Waals surface area contributed by atoms with Crippen LogP contribution < -0.4 is 5.32 Å². The van der Waals surface area contributed by atoms with Crippen LogP contribution in [0.15, 0.2) is 34.4 Å². The maximum atomic E-state index is 12.1. The van der Waals surface area contributed by atoms with Gasteiger partial charge in [-0.2, -0.15) is 0 Å². The van der Waals surface area contributed by atoms with Gasteiger partial charge < -0.3 is 10.1 Å². The van der Waals surface area contributed by atoms with Gasteiger partial charge in [-0.3, -0.25) is 4.79 Å². The van der Waals surface area contributed by atoms with E-state index in [1.165, 1.54) is 11.3 Å². The van der Waals surface area contributed by atoms with E-state index in [1.807, 2.05) is 0 Å². The number of carbonyl (C=O) groups excluding carboxylic acids is 2. The number of hydrogen-bond acceptors (Lipinski definition) is 5. The number of rotatable bonds is 4. The second-order valence-corrected chi connectivity index (χ2v) is 5.35. The molecule has 0 radical (unpaired) electrons. The van der Waals surface area contributed by atoms with Gasteiger partial charge >= 0.3 is 5.97 Å². The highest BCUT2D eigenvalue weighted by Gasteiger charge is 2.18. The molecule has 0 aliphatic heterocycles. The van der Waals surface area contributed by atoms with E-state index < -0.39 is 5.97 Å². The van der Waals surface area contributed by atoms with Gasteiger partial charge in [0.2, 0.25) is 0 Å². The van der Waals surface area contributed by atoms with Crippen molar-refractivity contribution in [1.29, 1.82) is 0 Å². The number of amides is 1. The molecule has 0 spiro atoms. The van der Waals surface area contributed by atoms with Crippen molar-refractivity contribution in [2.45, 2.75) is 6.92 Å². The number of ether oxygens (including phenoxy) is 1.